The molecule has 1 amide bonds. The normalized spacial score (nSPS) is 17.4. The van der Waals surface area contributed by atoms with Crippen LogP contribution >= 0.6 is 23.2 Å². The molecule has 1 fully saturated rings. The fourth-order valence-electron chi connectivity index (χ4n) is 3.34. The Kier molecular flexibility index (Phi) is 7.13. The standard InChI is InChI=1S/C20H22Cl2N2O5S/c1-28-14-8-9-17(29-2)18(11-14)30(26,27)24-10-4-5-13(12-24)20(25)23-19-15(21)6-3-7-16(19)22/h3,6-9,11,13H,4-5,10,12H2,1-2H3,(H,23,25)/t13-/m0/s1. The van der Waals surface area contributed by atoms with Gasteiger partial charge in [0.05, 0.1) is 35.9 Å². The number of rotatable bonds is 6. The summed E-state index contributed by atoms with van der Waals surface area (Å²) in [5, 5.41) is 3.37. The number of para-hydroxylation sites is 1. The zero-order valence-corrected chi connectivity index (χ0v) is 18.9. The third-order valence-corrected chi connectivity index (χ3v) is 7.47. The van der Waals surface area contributed by atoms with Crippen molar-refractivity contribution in [1.82, 2.24) is 4.31 Å². The molecule has 1 aliphatic heterocycles. The van der Waals surface area contributed by atoms with Crippen molar-refractivity contribution in [3.8, 4) is 11.5 Å². The third kappa shape index (κ3) is 4.67. The summed E-state index contributed by atoms with van der Waals surface area (Å²) >= 11 is 12.2. The summed E-state index contributed by atoms with van der Waals surface area (Å²) in [6, 6.07) is 9.50. The van der Waals surface area contributed by atoms with Crippen LogP contribution in [0.4, 0.5) is 5.69 Å². The summed E-state index contributed by atoms with van der Waals surface area (Å²) in [5.74, 6) is -0.265. The molecule has 2 aromatic rings. The van der Waals surface area contributed by atoms with Gasteiger partial charge in [0.25, 0.3) is 0 Å². The van der Waals surface area contributed by atoms with Crippen LogP contribution in [0.2, 0.25) is 10.0 Å². The molecule has 162 valence electrons. The van der Waals surface area contributed by atoms with Crippen LogP contribution in [0.1, 0.15) is 12.8 Å². The Morgan fingerprint density at radius 2 is 1.83 bits per heavy atom. The van der Waals surface area contributed by atoms with E-state index >= 15 is 0 Å². The van der Waals surface area contributed by atoms with Crippen molar-refractivity contribution in [2.75, 3.05) is 32.6 Å². The number of piperidine rings is 1. The van der Waals surface area contributed by atoms with Crippen LogP contribution in [0.5, 0.6) is 11.5 Å². The van der Waals surface area contributed by atoms with Crippen LogP contribution in [0.15, 0.2) is 41.3 Å². The molecule has 0 aromatic heterocycles. The molecule has 1 atom stereocenters. The maximum Gasteiger partial charge on any atom is 0.246 e. The number of hydrogen-bond acceptors (Lipinski definition) is 5. The average Bonchev–Trinajstić information content (AvgIpc) is 2.75. The molecule has 30 heavy (non-hydrogen) atoms. The number of sulfonamides is 1. The van der Waals surface area contributed by atoms with Crippen molar-refractivity contribution < 1.29 is 22.7 Å². The Balaban J connectivity index is 1.83. The number of methoxy groups -OCH3 is 2. The second-order valence-corrected chi connectivity index (χ2v) is 9.53. The summed E-state index contributed by atoms with van der Waals surface area (Å²) < 4.78 is 38.3. The molecule has 1 saturated heterocycles. The summed E-state index contributed by atoms with van der Waals surface area (Å²) in [7, 11) is -1.04. The zero-order valence-electron chi connectivity index (χ0n) is 16.5. The van der Waals surface area contributed by atoms with Gasteiger partial charge in [-0.3, -0.25) is 4.79 Å². The Bertz CT molecular complexity index is 1030. The topological polar surface area (TPSA) is 84.9 Å². The Hall–Kier alpha value is -2.00. The minimum absolute atomic E-state index is 0.000411. The second kappa shape index (κ2) is 9.43. The van der Waals surface area contributed by atoms with Gasteiger partial charge in [-0.05, 0) is 37.1 Å². The number of carbonyl (C=O) groups excluding carboxylic acids is 1. The smallest absolute Gasteiger partial charge is 0.246 e. The van der Waals surface area contributed by atoms with E-state index in [1.807, 2.05) is 0 Å². The molecule has 0 spiro atoms. The lowest BCUT2D eigenvalue weighted by Gasteiger charge is -2.31. The Labute approximate surface area is 185 Å². The van der Waals surface area contributed by atoms with Crippen LogP contribution in [0.25, 0.3) is 0 Å². The minimum atomic E-state index is -3.90. The molecule has 7 nitrogen and oxygen atoms in total. The van der Waals surface area contributed by atoms with E-state index in [1.165, 1.54) is 24.6 Å². The molecule has 0 radical (unpaired) electrons. The first kappa shape index (κ1) is 22.7. The molecule has 1 aliphatic rings. The number of carbonyl (C=O) groups is 1. The van der Waals surface area contributed by atoms with Gasteiger partial charge < -0.3 is 14.8 Å². The number of amides is 1. The molecule has 3 rings (SSSR count). The molecule has 10 heteroatoms. The van der Waals surface area contributed by atoms with Crippen LogP contribution in [0.3, 0.4) is 0 Å². The number of nitrogens with zero attached hydrogens (tertiary/aromatic N) is 1. The SMILES string of the molecule is COc1ccc(OC)c(S(=O)(=O)N2CCC[C@H](C(=O)Nc3c(Cl)cccc3Cl)C2)c1. The van der Waals surface area contributed by atoms with Gasteiger partial charge in [-0.25, -0.2) is 8.42 Å². The predicted octanol–water partition coefficient (Wildman–Crippen LogP) is 4.05. The highest BCUT2D eigenvalue weighted by atomic mass is 35.5. The van der Waals surface area contributed by atoms with Gasteiger partial charge in [0, 0.05) is 19.2 Å². The lowest BCUT2D eigenvalue weighted by molar-refractivity contribution is -0.120. The van der Waals surface area contributed by atoms with Crippen molar-refractivity contribution >= 4 is 44.8 Å². The van der Waals surface area contributed by atoms with Gasteiger partial charge in [-0.15, -0.1) is 0 Å². The molecule has 0 unspecified atom stereocenters. The molecule has 0 aliphatic carbocycles. The predicted molar refractivity (Wildman–Crippen MR) is 116 cm³/mol. The van der Waals surface area contributed by atoms with E-state index in [0.717, 1.165) is 0 Å². The molecule has 1 heterocycles. The van der Waals surface area contributed by atoms with Crippen molar-refractivity contribution in [1.29, 1.82) is 0 Å². The molecule has 0 saturated carbocycles. The molecule has 1 N–H and O–H groups in total. The molecule has 0 bridgehead atoms. The maximum atomic E-state index is 13.3. The van der Waals surface area contributed by atoms with E-state index in [-0.39, 0.29) is 23.1 Å². The molecular weight excluding hydrogens is 451 g/mol. The van der Waals surface area contributed by atoms with Gasteiger partial charge in [-0.1, -0.05) is 29.3 Å². The van der Waals surface area contributed by atoms with E-state index in [2.05, 4.69) is 5.32 Å². The molecular formula is C20H22Cl2N2O5S. The van der Waals surface area contributed by atoms with E-state index in [0.29, 0.717) is 40.9 Å². The van der Waals surface area contributed by atoms with Gasteiger partial charge in [0.2, 0.25) is 15.9 Å². The highest BCUT2D eigenvalue weighted by Gasteiger charge is 2.35. The molecule has 2 aromatic carbocycles. The first-order chi connectivity index (χ1) is 14.3. The lowest BCUT2D eigenvalue weighted by atomic mass is 9.98. The summed E-state index contributed by atoms with van der Waals surface area (Å²) in [5.41, 5.74) is 0.320. The number of ether oxygens (including phenoxy) is 2. The fraction of sp³-hybridized carbons (Fsp3) is 0.350. The number of hydrogen-bond donors (Lipinski definition) is 1. The van der Waals surface area contributed by atoms with Crippen molar-refractivity contribution in [2.45, 2.75) is 17.7 Å². The van der Waals surface area contributed by atoms with Gasteiger partial charge >= 0.3 is 0 Å². The van der Waals surface area contributed by atoms with Crippen LogP contribution in [-0.2, 0) is 14.8 Å². The third-order valence-electron chi connectivity index (χ3n) is 4.95. The largest absolute Gasteiger partial charge is 0.497 e. The van der Waals surface area contributed by atoms with E-state index in [4.69, 9.17) is 32.7 Å². The summed E-state index contributed by atoms with van der Waals surface area (Å²) in [4.78, 5) is 12.8. The first-order valence-electron chi connectivity index (χ1n) is 9.25. The van der Waals surface area contributed by atoms with Gasteiger partial charge in [0.1, 0.15) is 16.4 Å². The van der Waals surface area contributed by atoms with Crippen LogP contribution < -0.4 is 14.8 Å². The average molecular weight is 473 g/mol. The number of benzene rings is 2. The van der Waals surface area contributed by atoms with Crippen LogP contribution in [-0.4, -0.2) is 45.9 Å². The summed E-state index contributed by atoms with van der Waals surface area (Å²) in [6.07, 6.45) is 1.09. The van der Waals surface area contributed by atoms with Crippen molar-refractivity contribution in [3.05, 3.63) is 46.4 Å². The van der Waals surface area contributed by atoms with E-state index in [1.54, 1.807) is 30.3 Å². The monoisotopic (exact) mass is 472 g/mol. The quantitative estimate of drug-likeness (QED) is 0.685. The minimum Gasteiger partial charge on any atom is -0.497 e. The zero-order chi connectivity index (χ0) is 21.9. The fourth-order valence-corrected chi connectivity index (χ4v) is 5.53. The number of nitrogens with one attached hydrogen (secondary N) is 1. The lowest BCUT2D eigenvalue weighted by Crippen LogP contribution is -2.43. The van der Waals surface area contributed by atoms with Crippen molar-refractivity contribution in [2.24, 2.45) is 5.92 Å². The number of anilines is 1. The van der Waals surface area contributed by atoms with Gasteiger partial charge in [-0.2, -0.15) is 4.31 Å². The summed E-state index contributed by atoms with van der Waals surface area (Å²) in [6.45, 7) is 0.343. The van der Waals surface area contributed by atoms with Crippen LogP contribution in [0, 0.1) is 5.92 Å². The maximum absolute atomic E-state index is 13.3. The second-order valence-electron chi connectivity index (χ2n) is 6.80. The van der Waals surface area contributed by atoms with Crippen molar-refractivity contribution in [3.63, 3.8) is 0 Å². The van der Waals surface area contributed by atoms with E-state index < -0.39 is 15.9 Å². The Morgan fingerprint density at radius 3 is 2.47 bits per heavy atom. The number of halogens is 2. The Morgan fingerprint density at radius 1 is 1.13 bits per heavy atom. The highest BCUT2D eigenvalue weighted by Crippen LogP contribution is 2.34. The van der Waals surface area contributed by atoms with Gasteiger partial charge in [0.15, 0.2) is 0 Å². The highest BCUT2D eigenvalue weighted by molar-refractivity contribution is 7.89. The first-order valence-corrected chi connectivity index (χ1v) is 11.4. The van der Waals surface area contributed by atoms with E-state index in [9.17, 15) is 13.2 Å².